The third kappa shape index (κ3) is 32.8. The first-order valence-electron chi connectivity index (χ1n) is 13.5. The Kier molecular flexibility index (Phi) is 29.9. The standard InChI is InChI=1S/C24H51N.C3H8O/c1-4-7-10-13-16-19-22-25(23-20-17-14-11-8-5-2)24-21-18-15-12-9-6-3;1-3(2)4/h4-24H2,1-3H3;3-4H,1-2H3. The molecule has 2 nitrogen and oxygen atoms in total. The molecule has 0 heterocycles. The van der Waals surface area contributed by atoms with Crippen LogP contribution in [0, 0.1) is 0 Å². The molecule has 29 heavy (non-hydrogen) atoms. The lowest BCUT2D eigenvalue weighted by molar-refractivity contribution is 0.216. The highest BCUT2D eigenvalue weighted by molar-refractivity contribution is 4.60. The molecule has 0 saturated heterocycles. The van der Waals surface area contributed by atoms with Gasteiger partial charge in [-0.15, -0.1) is 0 Å². The van der Waals surface area contributed by atoms with Crippen LogP contribution in [-0.4, -0.2) is 35.7 Å². The number of hydrogen-bond acceptors (Lipinski definition) is 2. The molecule has 0 unspecified atom stereocenters. The van der Waals surface area contributed by atoms with Gasteiger partial charge in [0.25, 0.3) is 0 Å². The van der Waals surface area contributed by atoms with Gasteiger partial charge in [-0.1, -0.05) is 117 Å². The largest absolute Gasteiger partial charge is 0.394 e. The third-order valence-corrected chi connectivity index (χ3v) is 5.48. The lowest BCUT2D eigenvalue weighted by Crippen LogP contribution is -2.27. The summed E-state index contributed by atoms with van der Waals surface area (Å²) in [5, 5.41) is 8.06. The average Bonchev–Trinajstić information content (AvgIpc) is 2.68. The average molecular weight is 414 g/mol. The van der Waals surface area contributed by atoms with Crippen LogP contribution in [0.4, 0.5) is 0 Å². The summed E-state index contributed by atoms with van der Waals surface area (Å²) >= 11 is 0. The summed E-state index contributed by atoms with van der Waals surface area (Å²) in [6.07, 6.45) is 25.5. The minimum Gasteiger partial charge on any atom is -0.394 e. The summed E-state index contributed by atoms with van der Waals surface area (Å²) in [6.45, 7) is 14.4. The fourth-order valence-corrected chi connectivity index (χ4v) is 3.68. The van der Waals surface area contributed by atoms with E-state index in [2.05, 4.69) is 25.7 Å². The molecule has 0 atom stereocenters. The summed E-state index contributed by atoms with van der Waals surface area (Å²) in [7, 11) is 0. The highest BCUT2D eigenvalue weighted by atomic mass is 16.3. The molecule has 0 saturated carbocycles. The minimum absolute atomic E-state index is 0.167. The molecule has 0 aliphatic carbocycles. The van der Waals surface area contributed by atoms with E-state index in [1.165, 1.54) is 135 Å². The van der Waals surface area contributed by atoms with Crippen LogP contribution in [-0.2, 0) is 0 Å². The van der Waals surface area contributed by atoms with Crippen molar-refractivity contribution in [2.45, 2.75) is 156 Å². The monoisotopic (exact) mass is 413 g/mol. The van der Waals surface area contributed by atoms with Crippen LogP contribution in [0.25, 0.3) is 0 Å². The number of aliphatic hydroxyl groups is 1. The van der Waals surface area contributed by atoms with Gasteiger partial charge in [-0.3, -0.25) is 0 Å². The van der Waals surface area contributed by atoms with E-state index >= 15 is 0 Å². The molecule has 1 N–H and O–H groups in total. The lowest BCUT2D eigenvalue weighted by atomic mass is 10.1. The van der Waals surface area contributed by atoms with Crippen LogP contribution in [0.1, 0.15) is 150 Å². The molecule has 2 heteroatoms. The lowest BCUT2D eigenvalue weighted by Gasteiger charge is -2.22. The van der Waals surface area contributed by atoms with E-state index in [4.69, 9.17) is 5.11 Å². The van der Waals surface area contributed by atoms with Crippen LogP contribution < -0.4 is 0 Å². The maximum absolute atomic E-state index is 8.06. The minimum atomic E-state index is -0.167. The second-order valence-electron chi connectivity index (χ2n) is 9.24. The Morgan fingerprint density at radius 1 is 0.448 bits per heavy atom. The molecule has 0 rings (SSSR count). The quantitative estimate of drug-likeness (QED) is 0.190. The molecule has 0 fully saturated rings. The van der Waals surface area contributed by atoms with Crippen LogP contribution in [0.3, 0.4) is 0 Å². The fraction of sp³-hybridized carbons (Fsp3) is 1.00. The number of hydrogen-bond donors (Lipinski definition) is 1. The first-order valence-corrected chi connectivity index (χ1v) is 13.5. The molecule has 0 spiro atoms. The first-order chi connectivity index (χ1) is 14.1. The maximum Gasteiger partial charge on any atom is 0.0483 e. The van der Waals surface area contributed by atoms with Gasteiger partial charge in [0.15, 0.2) is 0 Å². The van der Waals surface area contributed by atoms with Crippen molar-refractivity contribution >= 4 is 0 Å². The normalized spacial score (nSPS) is 11.2. The fourth-order valence-electron chi connectivity index (χ4n) is 3.68. The van der Waals surface area contributed by atoms with Crippen molar-refractivity contribution in [2.24, 2.45) is 0 Å². The van der Waals surface area contributed by atoms with E-state index in [0.29, 0.717) is 0 Å². The smallest absolute Gasteiger partial charge is 0.0483 e. The first kappa shape index (κ1) is 31.1. The zero-order valence-electron chi connectivity index (χ0n) is 21.3. The molecule has 0 bridgehead atoms. The molecular formula is C27H59NO. The number of unbranched alkanes of at least 4 members (excludes halogenated alkanes) is 15. The van der Waals surface area contributed by atoms with Gasteiger partial charge >= 0.3 is 0 Å². The maximum atomic E-state index is 8.06. The van der Waals surface area contributed by atoms with Crippen LogP contribution in [0.5, 0.6) is 0 Å². The Bertz CT molecular complexity index is 226. The van der Waals surface area contributed by atoms with Crippen molar-refractivity contribution in [3.8, 4) is 0 Å². The van der Waals surface area contributed by atoms with Crippen LogP contribution in [0.15, 0.2) is 0 Å². The number of aliphatic hydroxyl groups excluding tert-OH is 1. The van der Waals surface area contributed by atoms with E-state index in [1.54, 1.807) is 13.8 Å². The van der Waals surface area contributed by atoms with Crippen LogP contribution in [0.2, 0.25) is 0 Å². The van der Waals surface area contributed by atoms with Gasteiger partial charge < -0.3 is 10.0 Å². The zero-order chi connectivity index (χ0) is 22.0. The Morgan fingerprint density at radius 2 is 0.655 bits per heavy atom. The topological polar surface area (TPSA) is 23.5 Å². The van der Waals surface area contributed by atoms with Gasteiger partial charge in [0.1, 0.15) is 0 Å². The van der Waals surface area contributed by atoms with Gasteiger partial charge in [0, 0.05) is 6.10 Å². The molecule has 0 aromatic rings. The second-order valence-corrected chi connectivity index (χ2v) is 9.24. The van der Waals surface area contributed by atoms with Crippen molar-refractivity contribution in [1.82, 2.24) is 4.90 Å². The highest BCUT2D eigenvalue weighted by Crippen LogP contribution is 2.11. The Hall–Kier alpha value is -0.0800. The summed E-state index contributed by atoms with van der Waals surface area (Å²) in [5.74, 6) is 0. The zero-order valence-corrected chi connectivity index (χ0v) is 21.3. The summed E-state index contributed by atoms with van der Waals surface area (Å²) in [4.78, 5) is 2.79. The molecule has 0 aromatic carbocycles. The SMILES string of the molecule is CC(C)O.CCCCCCCCN(CCCCCCCC)CCCCCCCC. The Labute approximate surface area is 186 Å². The summed E-state index contributed by atoms with van der Waals surface area (Å²) in [5.41, 5.74) is 0. The van der Waals surface area contributed by atoms with Gasteiger partial charge in [-0.05, 0) is 52.7 Å². The van der Waals surface area contributed by atoms with E-state index in [1.807, 2.05) is 0 Å². The van der Waals surface area contributed by atoms with E-state index in [0.717, 1.165) is 0 Å². The van der Waals surface area contributed by atoms with E-state index in [9.17, 15) is 0 Å². The second kappa shape index (κ2) is 27.9. The van der Waals surface area contributed by atoms with Crippen molar-refractivity contribution < 1.29 is 5.11 Å². The van der Waals surface area contributed by atoms with Gasteiger partial charge in [-0.2, -0.15) is 0 Å². The van der Waals surface area contributed by atoms with E-state index < -0.39 is 0 Å². The van der Waals surface area contributed by atoms with Crippen molar-refractivity contribution in [3.63, 3.8) is 0 Å². The van der Waals surface area contributed by atoms with Gasteiger partial charge in [-0.25, -0.2) is 0 Å². The van der Waals surface area contributed by atoms with Gasteiger partial charge in [0.05, 0.1) is 0 Å². The summed E-state index contributed by atoms with van der Waals surface area (Å²) in [6, 6.07) is 0. The molecule has 0 aliphatic rings. The number of nitrogens with zero attached hydrogens (tertiary/aromatic N) is 1. The van der Waals surface area contributed by atoms with E-state index in [-0.39, 0.29) is 6.10 Å². The predicted molar refractivity (Wildman–Crippen MR) is 134 cm³/mol. The molecule has 0 aromatic heterocycles. The predicted octanol–water partition coefficient (Wildman–Crippen LogP) is 8.76. The molecular weight excluding hydrogens is 354 g/mol. The van der Waals surface area contributed by atoms with Gasteiger partial charge in [0.2, 0.25) is 0 Å². The molecule has 0 aliphatic heterocycles. The molecule has 178 valence electrons. The van der Waals surface area contributed by atoms with Crippen molar-refractivity contribution in [3.05, 3.63) is 0 Å². The number of rotatable bonds is 21. The Morgan fingerprint density at radius 3 is 0.897 bits per heavy atom. The van der Waals surface area contributed by atoms with Crippen molar-refractivity contribution in [1.29, 1.82) is 0 Å². The third-order valence-electron chi connectivity index (χ3n) is 5.48. The Balaban J connectivity index is 0. The van der Waals surface area contributed by atoms with Crippen molar-refractivity contribution in [2.75, 3.05) is 19.6 Å². The summed E-state index contributed by atoms with van der Waals surface area (Å²) < 4.78 is 0. The van der Waals surface area contributed by atoms with Crippen LogP contribution >= 0.6 is 0 Å². The molecule has 0 amide bonds. The highest BCUT2D eigenvalue weighted by Gasteiger charge is 2.05. The molecule has 0 radical (unpaired) electrons.